The molecule has 0 fully saturated rings. The fourth-order valence-corrected chi connectivity index (χ4v) is 2.89. The Bertz CT molecular complexity index is 1490. The van der Waals surface area contributed by atoms with Gasteiger partial charge in [-0.15, -0.1) is 24.8 Å². The van der Waals surface area contributed by atoms with Gasteiger partial charge in [0.05, 0.1) is 5.69 Å². The average Bonchev–Trinajstić information content (AvgIpc) is 2.82. The number of pyridine rings is 1. The summed E-state index contributed by atoms with van der Waals surface area (Å²) in [5.41, 5.74) is 5.29. The summed E-state index contributed by atoms with van der Waals surface area (Å²) in [5.74, 6) is -3.45. The van der Waals surface area contributed by atoms with Gasteiger partial charge in [0, 0.05) is 36.3 Å². The molecule has 0 aliphatic rings. The van der Waals surface area contributed by atoms with E-state index in [-0.39, 0.29) is 70.7 Å². The van der Waals surface area contributed by atoms with E-state index in [4.69, 9.17) is 15.7 Å². The Hall–Kier alpha value is -4.60. The summed E-state index contributed by atoms with van der Waals surface area (Å²) in [5, 5.41) is 14.1. The lowest BCUT2D eigenvalue weighted by molar-refractivity contribution is 0.102. The quantitative estimate of drug-likeness (QED) is 0.291. The number of nitrogens with zero attached hydrogens (tertiary/aromatic N) is 4. The van der Waals surface area contributed by atoms with Gasteiger partial charge in [-0.1, -0.05) is 0 Å². The first-order chi connectivity index (χ1) is 16.8. The molecule has 0 unspecified atom stereocenters. The summed E-state index contributed by atoms with van der Waals surface area (Å²) in [6.45, 7) is 0. The van der Waals surface area contributed by atoms with Crippen molar-refractivity contribution < 1.29 is 22.7 Å². The number of ether oxygens (including phenoxy) is 1. The highest BCUT2D eigenvalue weighted by Crippen LogP contribution is 2.29. The molecule has 0 atom stereocenters. The highest BCUT2D eigenvalue weighted by atomic mass is 35.5. The van der Waals surface area contributed by atoms with Gasteiger partial charge in [-0.3, -0.25) is 4.79 Å². The molecule has 0 radical (unpaired) electrons. The maximum absolute atomic E-state index is 14.7. The van der Waals surface area contributed by atoms with Crippen LogP contribution < -0.4 is 21.1 Å². The molecule has 0 bridgehead atoms. The highest BCUT2D eigenvalue weighted by molar-refractivity contribution is 6.07. The Morgan fingerprint density at radius 2 is 1.78 bits per heavy atom. The number of anilines is 4. The number of aromatic nitrogens is 3. The monoisotopic (exact) mass is 549 g/mol. The molecular formula is C23H16Cl2F3N7O2. The van der Waals surface area contributed by atoms with Gasteiger partial charge in [0.25, 0.3) is 5.91 Å². The second-order valence-corrected chi connectivity index (χ2v) is 6.93. The number of nitriles is 1. The van der Waals surface area contributed by atoms with Crippen LogP contribution in [0, 0.1) is 28.8 Å². The van der Waals surface area contributed by atoms with Crippen LogP contribution in [0.1, 0.15) is 16.2 Å². The second kappa shape index (κ2) is 12.4. The van der Waals surface area contributed by atoms with Gasteiger partial charge in [-0.2, -0.15) is 5.26 Å². The summed E-state index contributed by atoms with van der Waals surface area (Å²) in [4.78, 5) is 24.2. The van der Waals surface area contributed by atoms with Crippen LogP contribution in [0.2, 0.25) is 0 Å². The van der Waals surface area contributed by atoms with Gasteiger partial charge >= 0.3 is 0 Å². The molecule has 37 heavy (non-hydrogen) atoms. The van der Waals surface area contributed by atoms with Crippen molar-refractivity contribution in [2.24, 2.45) is 0 Å². The molecular weight excluding hydrogens is 534 g/mol. The topological polar surface area (TPSA) is 139 Å². The zero-order valence-corrected chi connectivity index (χ0v) is 20.0. The van der Waals surface area contributed by atoms with Crippen LogP contribution >= 0.6 is 24.8 Å². The molecule has 2 aromatic heterocycles. The van der Waals surface area contributed by atoms with E-state index < -0.39 is 23.4 Å². The average molecular weight is 550 g/mol. The van der Waals surface area contributed by atoms with Crippen LogP contribution in [0.3, 0.4) is 0 Å². The number of benzene rings is 2. The number of nitrogen functional groups attached to an aromatic ring is 1. The number of carbonyl (C=O) groups is 1. The Kier molecular flexibility index (Phi) is 9.59. The van der Waals surface area contributed by atoms with Crippen LogP contribution in [0.25, 0.3) is 0 Å². The molecule has 2 heterocycles. The molecule has 4 N–H and O–H groups in total. The Morgan fingerprint density at radius 1 is 1.00 bits per heavy atom. The summed E-state index contributed by atoms with van der Waals surface area (Å²) in [6, 6.07) is 11.1. The first-order valence-corrected chi connectivity index (χ1v) is 9.82. The van der Waals surface area contributed by atoms with E-state index in [1.165, 1.54) is 30.5 Å². The maximum atomic E-state index is 14.7. The van der Waals surface area contributed by atoms with Gasteiger partial charge in [-0.25, -0.2) is 28.1 Å². The predicted octanol–water partition coefficient (Wildman–Crippen LogP) is 5.37. The number of hydrogen-bond donors (Lipinski definition) is 3. The Balaban J connectivity index is 0.00000241. The third kappa shape index (κ3) is 6.97. The van der Waals surface area contributed by atoms with Gasteiger partial charge in [0.2, 0.25) is 5.82 Å². The number of carbonyl (C=O) groups excluding carboxylic acids is 1. The highest BCUT2D eigenvalue weighted by Gasteiger charge is 2.18. The normalized spacial score (nSPS) is 9.78. The minimum absolute atomic E-state index is 0. The third-order valence-corrected chi connectivity index (χ3v) is 4.49. The number of nitrogens with two attached hydrogens (primary N) is 1. The summed E-state index contributed by atoms with van der Waals surface area (Å²) in [6.07, 6.45) is 2.46. The second-order valence-electron chi connectivity index (χ2n) is 6.93. The van der Waals surface area contributed by atoms with E-state index in [0.717, 1.165) is 24.4 Å². The van der Waals surface area contributed by atoms with E-state index in [2.05, 4.69) is 25.6 Å². The molecule has 0 aliphatic carbocycles. The smallest absolute Gasteiger partial charge is 0.261 e. The number of hydrogen-bond acceptors (Lipinski definition) is 8. The van der Waals surface area contributed by atoms with Gasteiger partial charge in [0.1, 0.15) is 40.7 Å². The first-order valence-electron chi connectivity index (χ1n) is 9.82. The molecule has 2 aromatic carbocycles. The van der Waals surface area contributed by atoms with Crippen LogP contribution in [0.15, 0.2) is 60.9 Å². The third-order valence-electron chi connectivity index (χ3n) is 4.49. The molecule has 4 rings (SSSR count). The lowest BCUT2D eigenvalue weighted by Crippen LogP contribution is -2.17. The lowest BCUT2D eigenvalue weighted by Gasteiger charge is -2.13. The van der Waals surface area contributed by atoms with Crippen molar-refractivity contribution in [3.05, 3.63) is 89.8 Å². The van der Waals surface area contributed by atoms with Crippen molar-refractivity contribution in [1.29, 1.82) is 5.26 Å². The molecule has 0 saturated heterocycles. The van der Waals surface area contributed by atoms with Gasteiger partial charge in [-0.05, 0) is 30.3 Å². The molecule has 0 spiro atoms. The number of halogens is 5. The van der Waals surface area contributed by atoms with Crippen LogP contribution in [0.5, 0.6) is 11.5 Å². The van der Waals surface area contributed by atoms with Crippen molar-refractivity contribution in [3.63, 3.8) is 0 Å². The standard InChI is InChI=1S/C23H14F3N7O2.2ClH/c24-12-1-3-18(16(25)7-12)32-23(34)15-11-30-21(10-27)33-22(15)31-13-2-4-19(17(26)8-13)35-14-5-6-29-20(28)9-14;;/h1-9,11H,(H2,28,29)(H,32,34)(H,30,31,33);2*1H. The lowest BCUT2D eigenvalue weighted by atomic mass is 10.2. The maximum Gasteiger partial charge on any atom is 0.261 e. The minimum Gasteiger partial charge on any atom is -0.454 e. The van der Waals surface area contributed by atoms with E-state index in [9.17, 15) is 18.0 Å². The van der Waals surface area contributed by atoms with Gasteiger partial charge in [0.15, 0.2) is 11.6 Å². The van der Waals surface area contributed by atoms with E-state index in [1.54, 1.807) is 6.07 Å². The van der Waals surface area contributed by atoms with Crippen molar-refractivity contribution in [2.75, 3.05) is 16.4 Å². The van der Waals surface area contributed by atoms with E-state index >= 15 is 0 Å². The van der Waals surface area contributed by atoms with Crippen molar-refractivity contribution in [2.45, 2.75) is 0 Å². The zero-order chi connectivity index (χ0) is 24.9. The molecule has 0 aliphatic heterocycles. The van der Waals surface area contributed by atoms with E-state index in [1.807, 2.05) is 0 Å². The number of rotatable bonds is 6. The van der Waals surface area contributed by atoms with Crippen LogP contribution in [0.4, 0.5) is 36.2 Å². The number of nitrogens with one attached hydrogen (secondary N) is 2. The molecule has 1 amide bonds. The Morgan fingerprint density at radius 3 is 2.46 bits per heavy atom. The largest absolute Gasteiger partial charge is 0.454 e. The summed E-state index contributed by atoms with van der Waals surface area (Å²) in [7, 11) is 0. The number of amides is 1. The summed E-state index contributed by atoms with van der Waals surface area (Å²) >= 11 is 0. The fraction of sp³-hybridized carbons (Fsp3) is 0. The molecule has 190 valence electrons. The Labute approximate surface area is 220 Å². The molecule has 14 heteroatoms. The minimum atomic E-state index is -0.990. The van der Waals surface area contributed by atoms with Gasteiger partial charge < -0.3 is 21.1 Å². The van der Waals surface area contributed by atoms with E-state index in [0.29, 0.717) is 6.07 Å². The molecule has 9 nitrogen and oxygen atoms in total. The zero-order valence-electron chi connectivity index (χ0n) is 18.4. The first kappa shape index (κ1) is 28.6. The van der Waals surface area contributed by atoms with Crippen LogP contribution in [-0.4, -0.2) is 20.9 Å². The van der Waals surface area contributed by atoms with Crippen LogP contribution in [-0.2, 0) is 0 Å². The molecule has 4 aromatic rings. The molecule has 0 saturated carbocycles. The predicted molar refractivity (Wildman–Crippen MR) is 134 cm³/mol. The van der Waals surface area contributed by atoms with Crippen molar-refractivity contribution in [3.8, 4) is 17.6 Å². The fourth-order valence-electron chi connectivity index (χ4n) is 2.89. The summed E-state index contributed by atoms with van der Waals surface area (Å²) < 4.78 is 47.2. The van der Waals surface area contributed by atoms with Crippen molar-refractivity contribution >= 4 is 53.7 Å². The van der Waals surface area contributed by atoms with Crippen molar-refractivity contribution in [1.82, 2.24) is 15.0 Å². The SMILES string of the molecule is Cl.Cl.N#Cc1ncc(C(=O)Nc2ccc(F)cc2F)c(Nc2ccc(Oc3ccnc(N)c3)c(F)c2)n1.